The van der Waals surface area contributed by atoms with Crippen molar-refractivity contribution < 1.29 is 56.0 Å². The molecule has 0 unspecified atom stereocenters. The average Bonchev–Trinajstić information content (AvgIpc) is 2.62. The summed E-state index contributed by atoms with van der Waals surface area (Å²) in [5.74, 6) is 0. The molecule has 12 nitrogen and oxygen atoms in total. The van der Waals surface area contributed by atoms with E-state index in [9.17, 15) is 9.13 Å². The molecule has 0 amide bonds. The van der Waals surface area contributed by atoms with Crippen LogP contribution in [0.15, 0.2) is 0 Å². The summed E-state index contributed by atoms with van der Waals surface area (Å²) in [7, 11) is -7.67. The van der Waals surface area contributed by atoms with Crippen molar-refractivity contribution in [2.24, 2.45) is 0 Å². The van der Waals surface area contributed by atoms with Crippen molar-refractivity contribution in [1.82, 2.24) is 0 Å². The lowest BCUT2D eigenvalue weighted by Gasteiger charge is -2.22. The fourth-order valence-corrected chi connectivity index (χ4v) is 3.81. The highest BCUT2D eigenvalue weighted by molar-refractivity contribution is 7.49. The molecule has 0 aromatic rings. The first-order valence-corrected chi connectivity index (χ1v) is 10.9. The van der Waals surface area contributed by atoms with Gasteiger partial charge in [-0.25, -0.2) is 9.13 Å². The first-order chi connectivity index (χ1) is 12.5. The lowest BCUT2D eigenvalue weighted by molar-refractivity contribution is 0.0212. The van der Waals surface area contributed by atoms with E-state index in [4.69, 9.17) is 46.8 Å². The summed E-state index contributed by atoms with van der Waals surface area (Å²) < 4.78 is 64.9. The minimum Gasteiger partial charge on any atom is -0.394 e. The van der Waals surface area contributed by atoms with Crippen molar-refractivity contribution >= 4 is 15.6 Å². The van der Waals surface area contributed by atoms with Crippen molar-refractivity contribution in [3.05, 3.63) is 0 Å². The Balaban J connectivity index is 2.34. The topological polar surface area (TPSA) is 148 Å². The Morgan fingerprint density at radius 2 is 0.962 bits per heavy atom. The molecule has 14 heteroatoms. The van der Waals surface area contributed by atoms with E-state index in [2.05, 4.69) is 0 Å². The molecule has 1 heterocycles. The Morgan fingerprint density at radius 1 is 0.615 bits per heavy atom. The summed E-state index contributed by atoms with van der Waals surface area (Å²) in [6, 6.07) is 0. The van der Waals surface area contributed by atoms with Crippen LogP contribution in [0.3, 0.4) is 0 Å². The first-order valence-electron chi connectivity index (χ1n) is 7.98. The van der Waals surface area contributed by atoms with Crippen LogP contribution < -0.4 is 0 Å². The van der Waals surface area contributed by atoms with E-state index in [1.54, 1.807) is 0 Å². The third-order valence-electron chi connectivity index (χ3n) is 2.59. The molecular formula is C12H26O12P2. The standard InChI is InChI=1S/C12H26O12P2/c13-1-3-17-5-7-19-25(15)21-9-11-23-26(16,24-12-10-22-25)20-8-6-18-4-2-14/h13-14H,1-12H2. The van der Waals surface area contributed by atoms with Gasteiger partial charge in [0.1, 0.15) is 0 Å². The lowest BCUT2D eigenvalue weighted by Crippen LogP contribution is -2.16. The zero-order valence-corrected chi connectivity index (χ0v) is 16.1. The lowest BCUT2D eigenvalue weighted by atomic mass is 10.7. The van der Waals surface area contributed by atoms with Crippen molar-refractivity contribution in [2.75, 3.05) is 79.3 Å². The predicted molar refractivity (Wildman–Crippen MR) is 86.7 cm³/mol. The number of rotatable bonds is 12. The average molecular weight is 424 g/mol. The van der Waals surface area contributed by atoms with E-state index >= 15 is 0 Å². The largest absolute Gasteiger partial charge is 0.475 e. The van der Waals surface area contributed by atoms with E-state index in [0.29, 0.717) is 0 Å². The highest BCUT2D eigenvalue weighted by Gasteiger charge is 2.32. The monoisotopic (exact) mass is 424 g/mol. The molecule has 156 valence electrons. The highest BCUT2D eigenvalue weighted by Crippen LogP contribution is 2.53. The van der Waals surface area contributed by atoms with Crippen LogP contribution in [0.5, 0.6) is 0 Å². The van der Waals surface area contributed by atoms with Crippen molar-refractivity contribution in [2.45, 2.75) is 0 Å². The van der Waals surface area contributed by atoms with E-state index in [0.717, 1.165) is 0 Å². The molecule has 1 aliphatic rings. The SMILES string of the molecule is O=P1(OCCOCCO)OCCOP(=O)(OCCOCCO)OCCO1. The predicted octanol–water partition coefficient (Wildman–Crippen LogP) is 0.334. The number of phosphoric ester groups is 2. The molecule has 0 radical (unpaired) electrons. The summed E-state index contributed by atoms with van der Waals surface area (Å²) in [5.41, 5.74) is 0. The summed E-state index contributed by atoms with van der Waals surface area (Å²) in [4.78, 5) is 0. The molecule has 0 saturated carbocycles. The second-order valence-corrected chi connectivity index (χ2v) is 7.90. The third-order valence-corrected chi connectivity index (χ3v) is 5.58. The summed E-state index contributed by atoms with van der Waals surface area (Å²) in [6.07, 6.45) is 0. The van der Waals surface area contributed by atoms with Gasteiger partial charge < -0.3 is 19.7 Å². The molecule has 1 fully saturated rings. The number of hydrogen-bond donors (Lipinski definition) is 2. The van der Waals surface area contributed by atoms with Gasteiger partial charge in [-0.1, -0.05) is 0 Å². The fourth-order valence-electron chi connectivity index (χ4n) is 1.57. The van der Waals surface area contributed by atoms with Gasteiger partial charge in [0.2, 0.25) is 0 Å². The smallest absolute Gasteiger partial charge is 0.394 e. The van der Waals surface area contributed by atoms with Crippen LogP contribution in [0.4, 0.5) is 0 Å². The van der Waals surface area contributed by atoms with Gasteiger partial charge in [-0.15, -0.1) is 0 Å². The molecule has 0 spiro atoms. The summed E-state index contributed by atoms with van der Waals surface area (Å²) >= 11 is 0. The van der Waals surface area contributed by atoms with E-state index in [1.807, 2.05) is 0 Å². The first kappa shape index (κ1) is 24.1. The van der Waals surface area contributed by atoms with Gasteiger partial charge in [-0.3, -0.25) is 27.1 Å². The van der Waals surface area contributed by atoms with Crippen molar-refractivity contribution in [1.29, 1.82) is 0 Å². The Labute approximate surface area is 151 Å². The number of aliphatic hydroxyl groups is 2. The van der Waals surface area contributed by atoms with Gasteiger partial charge in [0.25, 0.3) is 0 Å². The van der Waals surface area contributed by atoms with Gasteiger partial charge >= 0.3 is 15.6 Å². The molecule has 0 aromatic carbocycles. The van der Waals surface area contributed by atoms with Crippen molar-refractivity contribution in [3.63, 3.8) is 0 Å². The molecule has 0 atom stereocenters. The Morgan fingerprint density at radius 3 is 1.27 bits per heavy atom. The van der Waals surface area contributed by atoms with Crippen molar-refractivity contribution in [3.8, 4) is 0 Å². The van der Waals surface area contributed by atoms with E-state index < -0.39 is 15.6 Å². The molecular weight excluding hydrogens is 398 g/mol. The molecule has 0 aromatic heterocycles. The molecule has 0 bridgehead atoms. The number of ether oxygens (including phenoxy) is 2. The normalized spacial score (nSPS) is 28.1. The second kappa shape index (κ2) is 14.1. The fraction of sp³-hybridized carbons (Fsp3) is 1.00. The molecule has 1 aliphatic heterocycles. The molecule has 1 rings (SSSR count). The van der Waals surface area contributed by atoms with Crippen LogP contribution in [-0.4, -0.2) is 89.5 Å². The maximum atomic E-state index is 12.3. The zero-order chi connectivity index (χ0) is 19.1. The van der Waals surface area contributed by atoms with Crippen LogP contribution in [0.25, 0.3) is 0 Å². The minimum atomic E-state index is -3.83. The zero-order valence-electron chi connectivity index (χ0n) is 14.4. The second-order valence-electron chi connectivity index (χ2n) is 4.57. The van der Waals surface area contributed by atoms with Gasteiger partial charge in [0.15, 0.2) is 0 Å². The van der Waals surface area contributed by atoms with Gasteiger partial charge in [-0.05, 0) is 0 Å². The van der Waals surface area contributed by atoms with E-state index in [1.165, 1.54) is 0 Å². The number of hydrogen-bond acceptors (Lipinski definition) is 12. The molecule has 1 saturated heterocycles. The van der Waals surface area contributed by atoms with Crippen LogP contribution in [0.2, 0.25) is 0 Å². The molecule has 0 aliphatic carbocycles. The summed E-state index contributed by atoms with van der Waals surface area (Å²) in [5, 5.41) is 17.2. The Hall–Kier alpha value is 0.0600. The van der Waals surface area contributed by atoms with Crippen LogP contribution >= 0.6 is 15.6 Å². The molecule has 2 N–H and O–H groups in total. The van der Waals surface area contributed by atoms with Crippen LogP contribution in [-0.2, 0) is 45.7 Å². The summed E-state index contributed by atoms with van der Waals surface area (Å²) in [6.45, 7) is -0.822. The third kappa shape index (κ3) is 11.0. The quantitative estimate of drug-likeness (QED) is 0.328. The van der Waals surface area contributed by atoms with Crippen LogP contribution in [0, 0.1) is 0 Å². The Kier molecular flexibility index (Phi) is 13.1. The maximum absolute atomic E-state index is 12.3. The molecule has 26 heavy (non-hydrogen) atoms. The van der Waals surface area contributed by atoms with Gasteiger partial charge in [-0.2, -0.15) is 0 Å². The Bertz CT molecular complexity index is 388. The van der Waals surface area contributed by atoms with Gasteiger partial charge in [0, 0.05) is 0 Å². The van der Waals surface area contributed by atoms with E-state index in [-0.39, 0.29) is 79.3 Å². The number of phosphoric acid groups is 2. The minimum absolute atomic E-state index is 0.0611. The van der Waals surface area contributed by atoms with Crippen LogP contribution in [0.1, 0.15) is 0 Å². The van der Waals surface area contributed by atoms with Gasteiger partial charge in [0.05, 0.1) is 79.3 Å². The number of aliphatic hydroxyl groups excluding tert-OH is 2. The highest BCUT2D eigenvalue weighted by atomic mass is 31.2. The maximum Gasteiger partial charge on any atom is 0.475 e.